The average molecular weight is 1050 g/mol. The van der Waals surface area contributed by atoms with Crippen LogP contribution < -0.4 is 29.6 Å². The summed E-state index contributed by atoms with van der Waals surface area (Å²) in [6.45, 7) is 0.690. The van der Waals surface area contributed by atoms with Crippen LogP contribution in [0.15, 0.2) is 36.5 Å². The third-order valence-corrected chi connectivity index (χ3v) is 13.7. The smallest absolute Gasteiger partial charge is 0.747 e. The summed E-state index contributed by atoms with van der Waals surface area (Å²) in [5.41, 5.74) is 0. The molecule has 29 heteroatoms. The Morgan fingerprint density at radius 3 is 1.19 bits per heavy atom. The molecule has 0 aromatic carbocycles. The van der Waals surface area contributed by atoms with Gasteiger partial charge in [0.1, 0.15) is 15.4 Å². The summed E-state index contributed by atoms with van der Waals surface area (Å²) in [6, 6.07) is 0. The molecule has 73 heavy (non-hydrogen) atoms. The molecular formula is C44H47N6NaO21S. The Morgan fingerprint density at radius 2 is 0.836 bits per heavy atom. The summed E-state index contributed by atoms with van der Waals surface area (Å²) in [7, 11) is -5.02. The molecule has 5 fully saturated rings. The summed E-state index contributed by atoms with van der Waals surface area (Å²) in [5, 5.41) is -0.980. The Kier molecular flexibility index (Phi) is 19.5. The van der Waals surface area contributed by atoms with Crippen LogP contribution in [-0.4, -0.2) is 157 Å². The van der Waals surface area contributed by atoms with Crippen LogP contribution in [0.2, 0.25) is 0 Å². The fourth-order valence-corrected chi connectivity index (χ4v) is 9.32. The van der Waals surface area contributed by atoms with Crippen molar-refractivity contribution in [3.8, 4) is 0 Å². The maximum atomic E-state index is 12.2. The molecule has 8 rings (SSSR count). The molecule has 3 saturated heterocycles. The fourth-order valence-electron chi connectivity index (χ4n) is 8.63. The van der Waals surface area contributed by atoms with E-state index in [1.54, 1.807) is 0 Å². The van der Waals surface area contributed by atoms with Crippen LogP contribution >= 0.6 is 0 Å². The number of imide groups is 6. The van der Waals surface area contributed by atoms with Gasteiger partial charge in [0, 0.05) is 88.2 Å². The quantitative estimate of drug-likeness (QED) is 0.0898. The van der Waals surface area contributed by atoms with Gasteiger partial charge in [-0.2, -0.15) is 0 Å². The van der Waals surface area contributed by atoms with Crippen LogP contribution in [0.5, 0.6) is 0 Å². The minimum atomic E-state index is -5.02. The van der Waals surface area contributed by atoms with Crippen LogP contribution in [0.3, 0.4) is 0 Å². The number of carbonyl (C=O) groups excluding carboxylic acids is 15. The van der Waals surface area contributed by atoms with Crippen LogP contribution in [-0.2, 0) is 96.5 Å². The molecule has 2 saturated carbocycles. The molecule has 6 heterocycles. The first-order valence-corrected chi connectivity index (χ1v) is 24.3. The molecule has 1 atom stereocenters. The molecule has 0 aromatic rings. The van der Waals surface area contributed by atoms with Crippen LogP contribution in [0, 0.1) is 23.7 Å². The molecule has 12 amide bonds. The first-order chi connectivity index (χ1) is 34.0. The van der Waals surface area contributed by atoms with E-state index in [2.05, 4.69) is 4.84 Å². The van der Waals surface area contributed by atoms with Gasteiger partial charge in [-0.15, -0.1) is 15.2 Å². The number of rotatable bonds is 14. The van der Waals surface area contributed by atoms with Crippen molar-refractivity contribution in [1.82, 2.24) is 29.9 Å². The first-order valence-electron chi connectivity index (χ1n) is 22.8. The first kappa shape index (κ1) is 57.3. The van der Waals surface area contributed by atoms with E-state index in [1.807, 2.05) is 0 Å². The van der Waals surface area contributed by atoms with E-state index in [0.717, 1.165) is 22.0 Å². The summed E-state index contributed by atoms with van der Waals surface area (Å²) in [6.07, 6.45) is 10.9. The summed E-state index contributed by atoms with van der Waals surface area (Å²) < 4.78 is 33.0. The number of nitrogens with zero attached hydrogens (tertiary/aromatic N) is 6. The van der Waals surface area contributed by atoms with Crippen molar-refractivity contribution >= 4 is 98.9 Å². The standard InChI is InChI=1S/C16H18N2O9S.C16H18N2O6.C12H12N2O6.Na/c19-12-5-6-13(20)17(12)8-9-1-3-10(4-2-9)16(23)27-18-14(21)7-11(15(18)22)28(24,25)26;19-12-5-6-13(20)17(12)9-10-1-3-11(4-2-10)16(23)24-18-14(21)7-8-15(18)22;15-8-3-4-9(16)13(8)7-1-2-12(19)20-14-10(17)5-6-11(14)18;/h5-6,9-11H,1-4,7-8H2,(H,24,25,26);5-6,10-11H,1-4,7-9H2;3-4H,1-2,5-7H2;/q;;;+1/p-1. The van der Waals surface area contributed by atoms with E-state index in [4.69, 9.17) is 9.68 Å². The van der Waals surface area contributed by atoms with Crippen molar-refractivity contribution in [2.24, 2.45) is 23.7 Å². The predicted molar refractivity (Wildman–Crippen MR) is 228 cm³/mol. The molecular weight excluding hydrogens is 1000 g/mol. The minimum absolute atomic E-state index is 0. The number of carbonyl (C=O) groups is 15. The van der Waals surface area contributed by atoms with Crippen LogP contribution in [0.25, 0.3) is 0 Å². The largest absolute Gasteiger partial charge is 1.00 e. The van der Waals surface area contributed by atoms with Crippen molar-refractivity contribution < 1.29 is 129 Å². The van der Waals surface area contributed by atoms with E-state index in [0.29, 0.717) is 68.0 Å². The van der Waals surface area contributed by atoms with Gasteiger partial charge in [0.25, 0.3) is 70.9 Å². The molecule has 1 unspecified atom stereocenters. The summed E-state index contributed by atoms with van der Waals surface area (Å²) in [4.78, 5) is 191. The van der Waals surface area contributed by atoms with Crippen LogP contribution in [0.1, 0.15) is 96.3 Å². The van der Waals surface area contributed by atoms with E-state index >= 15 is 0 Å². The number of hydroxylamine groups is 6. The Morgan fingerprint density at radius 1 is 0.493 bits per heavy atom. The maximum Gasteiger partial charge on any atom is 1.00 e. The number of amides is 12. The van der Waals surface area contributed by atoms with Gasteiger partial charge in [0.2, 0.25) is 0 Å². The fraction of sp³-hybridized carbons (Fsp3) is 0.523. The van der Waals surface area contributed by atoms with Crippen molar-refractivity contribution in [3.05, 3.63) is 36.5 Å². The molecule has 0 radical (unpaired) electrons. The Balaban J connectivity index is 0.000000204. The molecule has 0 N–H and O–H groups in total. The Labute approximate surface area is 437 Å². The average Bonchev–Trinajstić information content (AvgIpc) is 4.17. The summed E-state index contributed by atoms with van der Waals surface area (Å²) in [5.74, 6) is -9.67. The molecule has 8 aliphatic rings. The van der Waals surface area contributed by atoms with E-state index < -0.39 is 92.9 Å². The second-order valence-electron chi connectivity index (χ2n) is 17.6. The van der Waals surface area contributed by atoms with Gasteiger partial charge in [0.05, 0.1) is 18.3 Å². The number of hydrogen-bond donors (Lipinski definition) is 0. The molecule has 0 spiro atoms. The zero-order chi connectivity index (χ0) is 52.6. The van der Waals surface area contributed by atoms with Gasteiger partial charge in [-0.3, -0.25) is 72.2 Å². The maximum absolute atomic E-state index is 12.2. The molecule has 27 nitrogen and oxygen atoms in total. The number of hydrogen-bond acceptors (Lipinski definition) is 21. The van der Waals surface area contributed by atoms with Crippen molar-refractivity contribution in [2.45, 2.75) is 102 Å². The molecule has 386 valence electrons. The monoisotopic (exact) mass is 1050 g/mol. The zero-order valence-corrected chi connectivity index (χ0v) is 42.1. The van der Waals surface area contributed by atoms with E-state index in [1.165, 1.54) is 29.2 Å². The zero-order valence-electron chi connectivity index (χ0n) is 39.2. The topological polar surface area (TPSA) is 360 Å². The molecule has 0 aromatic heterocycles. The van der Waals surface area contributed by atoms with Crippen LogP contribution in [0.4, 0.5) is 0 Å². The Hall–Kier alpha value is -6.62. The van der Waals surface area contributed by atoms with Gasteiger partial charge < -0.3 is 19.1 Å². The normalized spacial score (nSPS) is 24.9. The van der Waals surface area contributed by atoms with Gasteiger partial charge >= 0.3 is 47.5 Å². The minimum Gasteiger partial charge on any atom is -0.747 e. The predicted octanol–water partition coefficient (Wildman–Crippen LogP) is -4.52. The third-order valence-electron chi connectivity index (χ3n) is 12.7. The van der Waals surface area contributed by atoms with Crippen molar-refractivity contribution in [1.29, 1.82) is 0 Å². The summed E-state index contributed by atoms with van der Waals surface area (Å²) >= 11 is 0. The molecule has 2 aliphatic carbocycles. The van der Waals surface area contributed by atoms with E-state index in [9.17, 15) is 84.9 Å². The van der Waals surface area contributed by atoms with Crippen molar-refractivity contribution in [3.63, 3.8) is 0 Å². The molecule has 6 aliphatic heterocycles. The Bertz CT molecular complexity index is 2490. The van der Waals surface area contributed by atoms with Gasteiger partial charge in [-0.1, -0.05) is 0 Å². The second kappa shape index (κ2) is 24.9. The third kappa shape index (κ3) is 14.5. The SMILES string of the molecule is O=C(CCCN1C(=O)C=CC1=O)ON1C(=O)CCC1=O.O=C(ON1C(=O)CC(S(=O)(=O)[O-])C1=O)C1CCC(CN2C(=O)C=CC2=O)CC1.O=C(ON1C(=O)CCC1=O)C1CCC(CN2C(=O)C=CC2=O)CC1.[Na+]. The van der Waals surface area contributed by atoms with Gasteiger partial charge in [-0.25, -0.2) is 22.8 Å². The van der Waals surface area contributed by atoms with Crippen molar-refractivity contribution in [2.75, 3.05) is 19.6 Å². The van der Waals surface area contributed by atoms with Gasteiger partial charge in [0.15, 0.2) is 0 Å². The second-order valence-corrected chi connectivity index (χ2v) is 19.2. The van der Waals surface area contributed by atoms with E-state index in [-0.39, 0.29) is 128 Å². The van der Waals surface area contributed by atoms with Gasteiger partial charge in [-0.05, 0) is 69.6 Å². The molecule has 0 bridgehead atoms.